The molecule has 0 unspecified atom stereocenters. The van der Waals surface area contributed by atoms with Crippen LogP contribution >= 0.6 is 0 Å². The summed E-state index contributed by atoms with van der Waals surface area (Å²) >= 11 is 0. The van der Waals surface area contributed by atoms with E-state index in [9.17, 15) is 9.18 Å². The predicted molar refractivity (Wildman–Crippen MR) is 91.3 cm³/mol. The fourth-order valence-corrected chi connectivity index (χ4v) is 2.85. The molecule has 1 amide bonds. The topological polar surface area (TPSA) is 94.7 Å². The van der Waals surface area contributed by atoms with Crippen LogP contribution < -0.4 is 5.73 Å². The maximum atomic E-state index is 14.4. The van der Waals surface area contributed by atoms with Crippen molar-refractivity contribution in [2.24, 2.45) is 5.73 Å². The number of amides is 1. The molecule has 0 saturated carbocycles. The first kappa shape index (κ1) is 15.1. The number of aryl methyl sites for hydroxylation is 1. The van der Waals surface area contributed by atoms with Crippen molar-refractivity contribution >= 4 is 27.7 Å². The van der Waals surface area contributed by atoms with E-state index in [2.05, 4.69) is 20.2 Å². The third-order valence-corrected chi connectivity index (χ3v) is 3.97. The minimum atomic E-state index is -0.643. The molecular weight excluding hydrogens is 321 g/mol. The van der Waals surface area contributed by atoms with Gasteiger partial charge in [-0.15, -0.1) is 5.10 Å². The highest BCUT2D eigenvalue weighted by Gasteiger charge is 2.18. The number of hydrogen-bond donors (Lipinski definition) is 1. The van der Waals surface area contributed by atoms with Gasteiger partial charge in [-0.25, -0.2) is 4.39 Å². The van der Waals surface area contributed by atoms with Crippen LogP contribution in [0.4, 0.5) is 4.39 Å². The van der Waals surface area contributed by atoms with Gasteiger partial charge in [-0.2, -0.15) is 5.10 Å². The maximum absolute atomic E-state index is 14.4. The Morgan fingerprint density at radius 2 is 1.92 bits per heavy atom. The van der Waals surface area contributed by atoms with Crippen molar-refractivity contribution in [1.82, 2.24) is 20.2 Å². The maximum Gasteiger partial charge on any atom is 0.251 e. The first-order valence-corrected chi connectivity index (χ1v) is 7.52. The summed E-state index contributed by atoms with van der Waals surface area (Å²) in [6, 6.07) is 7.87. The third kappa shape index (κ3) is 2.37. The molecule has 25 heavy (non-hydrogen) atoms. The van der Waals surface area contributed by atoms with Crippen LogP contribution in [0.15, 0.2) is 42.7 Å². The van der Waals surface area contributed by atoms with Gasteiger partial charge in [-0.05, 0) is 25.1 Å². The standard InChI is InChI=1S/C18H12FN5O/c1-9-7-21-15-11(16(23-9)10-4-2-3-5-14(10)19)6-12(18(20)25)17-13(15)8-22-24-17/h2-8H,1H3,(H2,20,25). The van der Waals surface area contributed by atoms with Crippen LogP contribution in [0.1, 0.15) is 16.1 Å². The molecule has 2 N–H and O–H groups in total. The van der Waals surface area contributed by atoms with Crippen molar-refractivity contribution in [3.05, 3.63) is 59.8 Å². The third-order valence-electron chi connectivity index (χ3n) is 3.97. The van der Waals surface area contributed by atoms with Crippen LogP contribution in [0, 0.1) is 12.7 Å². The molecule has 0 bridgehead atoms. The van der Waals surface area contributed by atoms with E-state index in [4.69, 9.17) is 5.73 Å². The fourth-order valence-electron chi connectivity index (χ4n) is 2.85. The van der Waals surface area contributed by atoms with Gasteiger partial charge in [-0.3, -0.25) is 14.8 Å². The molecule has 0 radical (unpaired) electrons. The Morgan fingerprint density at radius 3 is 2.68 bits per heavy atom. The number of rotatable bonds is 2. The summed E-state index contributed by atoms with van der Waals surface area (Å²) in [6.45, 7) is 1.77. The predicted octanol–water partition coefficient (Wildman–Crippen LogP) is 2.79. The lowest BCUT2D eigenvalue weighted by molar-refractivity contribution is 0.100. The van der Waals surface area contributed by atoms with Gasteiger partial charge in [0.15, 0.2) is 0 Å². The van der Waals surface area contributed by atoms with E-state index < -0.39 is 11.7 Å². The zero-order chi connectivity index (χ0) is 17.6. The number of nitrogens with two attached hydrogens (primary N) is 1. The van der Waals surface area contributed by atoms with E-state index in [1.54, 1.807) is 37.4 Å². The number of benzene rings is 2. The number of carbonyl (C=O) groups excluding carboxylic acids is 1. The van der Waals surface area contributed by atoms with Gasteiger partial charge < -0.3 is 5.73 Å². The molecule has 7 heteroatoms. The van der Waals surface area contributed by atoms with Gasteiger partial charge in [-0.1, -0.05) is 12.1 Å². The molecule has 2 aromatic carbocycles. The highest BCUT2D eigenvalue weighted by Crippen LogP contribution is 2.32. The minimum absolute atomic E-state index is 0.199. The van der Waals surface area contributed by atoms with Crippen molar-refractivity contribution in [2.45, 2.75) is 6.92 Å². The number of fused-ring (bicyclic) bond motifs is 3. The first-order valence-electron chi connectivity index (χ1n) is 7.52. The number of halogens is 1. The van der Waals surface area contributed by atoms with Crippen molar-refractivity contribution in [1.29, 1.82) is 0 Å². The van der Waals surface area contributed by atoms with Gasteiger partial charge in [0.25, 0.3) is 5.91 Å². The molecule has 0 aliphatic rings. The number of aromatic nitrogens is 4. The number of hydrogen-bond acceptors (Lipinski definition) is 5. The lowest BCUT2D eigenvalue weighted by Gasteiger charge is -2.06. The van der Waals surface area contributed by atoms with Crippen molar-refractivity contribution < 1.29 is 9.18 Å². The Hall–Kier alpha value is -3.48. The first-order chi connectivity index (χ1) is 12.1. The Balaban J connectivity index is 2.25. The molecule has 122 valence electrons. The average molecular weight is 333 g/mol. The molecule has 6 nitrogen and oxygen atoms in total. The number of carbonyl (C=O) groups is 1. The van der Waals surface area contributed by atoms with Gasteiger partial charge in [0.2, 0.25) is 0 Å². The second-order valence-electron chi connectivity index (χ2n) is 5.63. The van der Waals surface area contributed by atoms with Gasteiger partial charge in [0.1, 0.15) is 11.3 Å². The smallest absolute Gasteiger partial charge is 0.251 e. The monoisotopic (exact) mass is 333 g/mol. The van der Waals surface area contributed by atoms with Gasteiger partial charge in [0, 0.05) is 22.5 Å². The van der Waals surface area contributed by atoms with Crippen LogP contribution in [0.3, 0.4) is 0 Å². The summed E-state index contributed by atoms with van der Waals surface area (Å²) in [5, 5.41) is 8.91. The van der Waals surface area contributed by atoms with Gasteiger partial charge in [0.05, 0.1) is 28.7 Å². The molecule has 0 aliphatic heterocycles. The lowest BCUT2D eigenvalue weighted by atomic mass is 10.0. The van der Waals surface area contributed by atoms with Crippen molar-refractivity contribution in [2.75, 3.05) is 0 Å². The fraction of sp³-hybridized carbons (Fsp3) is 0.0556. The summed E-state index contributed by atoms with van der Waals surface area (Å²) in [5.74, 6) is -1.06. The van der Waals surface area contributed by atoms with Crippen LogP contribution in [-0.2, 0) is 0 Å². The highest BCUT2D eigenvalue weighted by molar-refractivity contribution is 6.16. The molecule has 0 fully saturated rings. The molecule has 4 rings (SSSR count). The van der Waals surface area contributed by atoms with Crippen LogP contribution in [0.5, 0.6) is 0 Å². The Bertz CT molecular complexity index is 1160. The van der Waals surface area contributed by atoms with Crippen LogP contribution in [-0.4, -0.2) is 26.1 Å². The second-order valence-corrected chi connectivity index (χ2v) is 5.63. The van der Waals surface area contributed by atoms with E-state index in [1.165, 1.54) is 12.3 Å². The molecule has 4 aromatic rings. The number of nitrogens with zero attached hydrogens (tertiary/aromatic N) is 4. The van der Waals surface area contributed by atoms with E-state index >= 15 is 0 Å². The Morgan fingerprint density at radius 1 is 1.12 bits per heavy atom. The van der Waals surface area contributed by atoms with E-state index in [0.717, 1.165) is 0 Å². The largest absolute Gasteiger partial charge is 0.366 e. The highest BCUT2D eigenvalue weighted by atomic mass is 19.1. The molecular formula is C18H12FN5O. The zero-order valence-corrected chi connectivity index (χ0v) is 13.2. The van der Waals surface area contributed by atoms with E-state index in [0.29, 0.717) is 38.8 Å². The molecule has 0 atom stereocenters. The summed E-state index contributed by atoms with van der Waals surface area (Å²) < 4.78 is 14.4. The molecule has 2 heterocycles. The second kappa shape index (κ2) is 5.55. The average Bonchev–Trinajstić information content (AvgIpc) is 3.01. The lowest BCUT2D eigenvalue weighted by Crippen LogP contribution is -2.11. The van der Waals surface area contributed by atoms with Crippen molar-refractivity contribution in [3.63, 3.8) is 0 Å². The zero-order valence-electron chi connectivity index (χ0n) is 13.2. The summed E-state index contributed by atoms with van der Waals surface area (Å²) in [6.07, 6.45) is 3.10. The van der Waals surface area contributed by atoms with Gasteiger partial charge >= 0.3 is 0 Å². The summed E-state index contributed by atoms with van der Waals surface area (Å²) in [5.41, 5.74) is 7.90. The van der Waals surface area contributed by atoms with Crippen LogP contribution in [0.25, 0.3) is 33.1 Å². The Kier molecular flexibility index (Phi) is 3.35. The number of primary amides is 1. The van der Waals surface area contributed by atoms with Crippen molar-refractivity contribution in [3.8, 4) is 11.3 Å². The minimum Gasteiger partial charge on any atom is -0.366 e. The normalized spacial score (nSPS) is 11.1. The molecule has 0 aliphatic carbocycles. The quantitative estimate of drug-likeness (QED) is 0.608. The van der Waals surface area contributed by atoms with E-state index in [-0.39, 0.29) is 5.56 Å². The summed E-state index contributed by atoms with van der Waals surface area (Å²) in [4.78, 5) is 20.8. The SMILES string of the molecule is Cc1cnc2c(cc(C(N)=O)c3nncc32)c(-c2ccccc2F)n1. The Labute approximate surface area is 141 Å². The summed E-state index contributed by atoms with van der Waals surface area (Å²) in [7, 11) is 0. The van der Waals surface area contributed by atoms with Crippen LogP contribution in [0.2, 0.25) is 0 Å². The molecule has 2 aromatic heterocycles. The molecule has 0 spiro atoms. The molecule has 0 saturated heterocycles. The van der Waals surface area contributed by atoms with E-state index in [1.807, 2.05) is 0 Å².